The van der Waals surface area contributed by atoms with Crippen LogP contribution in [0.2, 0.25) is 0 Å². The van der Waals surface area contributed by atoms with E-state index in [4.69, 9.17) is 0 Å². The Morgan fingerprint density at radius 2 is 0.825 bits per heavy atom. The average molecular weight is 568 g/mol. The number of likely N-dealkylation sites (N-methyl/N-ethyl adjacent to an activating group) is 1. The summed E-state index contributed by atoms with van der Waals surface area (Å²) >= 11 is 0. The summed E-state index contributed by atoms with van der Waals surface area (Å²) in [6.45, 7) is 10.2. The number of carbonyl (C=O) groups is 1. The van der Waals surface area contributed by atoms with E-state index in [1.54, 1.807) is 0 Å². The summed E-state index contributed by atoms with van der Waals surface area (Å²) < 4.78 is 0.350. The second kappa shape index (κ2) is 27.2. The van der Waals surface area contributed by atoms with Crippen molar-refractivity contribution in [1.29, 1.82) is 0 Å². The summed E-state index contributed by atoms with van der Waals surface area (Å²) in [6, 6.07) is -0.172. The molecule has 0 saturated heterocycles. The molecule has 1 N–H and O–H groups in total. The summed E-state index contributed by atoms with van der Waals surface area (Å²) in [5.74, 6) is 0.250. The number of unbranched alkanes of at least 4 members (excludes halogenated alkanes) is 22. The first-order valence-corrected chi connectivity index (χ1v) is 18.1. The van der Waals surface area contributed by atoms with E-state index in [-0.39, 0.29) is 11.9 Å². The van der Waals surface area contributed by atoms with Crippen LogP contribution in [0.3, 0.4) is 0 Å². The second-order valence-corrected chi connectivity index (χ2v) is 13.3. The number of aliphatic hydroxyl groups is 1. The van der Waals surface area contributed by atoms with Gasteiger partial charge >= 0.3 is 0 Å². The van der Waals surface area contributed by atoms with Crippen molar-refractivity contribution in [3.8, 4) is 0 Å². The maximum Gasteiger partial charge on any atom is 0.281 e. The van der Waals surface area contributed by atoms with Crippen molar-refractivity contribution in [2.45, 2.75) is 200 Å². The van der Waals surface area contributed by atoms with E-state index in [1.165, 1.54) is 141 Å². The lowest BCUT2D eigenvalue weighted by Gasteiger charge is -2.41. The number of quaternary nitrogens is 1. The first kappa shape index (κ1) is 39.4. The lowest BCUT2D eigenvalue weighted by molar-refractivity contribution is -0.949. The predicted molar refractivity (Wildman–Crippen MR) is 177 cm³/mol. The van der Waals surface area contributed by atoms with Crippen LogP contribution in [0, 0.1) is 0 Å². The van der Waals surface area contributed by atoms with Gasteiger partial charge < -0.3 is 10.0 Å². The largest absolute Gasteiger partial charge is 0.345 e. The Bertz CT molecular complexity index is 521. The number of carbonyl (C=O) groups excluding carboxylic acids is 1. The molecule has 1 amide bonds. The highest BCUT2D eigenvalue weighted by Crippen LogP contribution is 2.19. The molecule has 0 aliphatic carbocycles. The van der Waals surface area contributed by atoms with Gasteiger partial charge in [-0.3, -0.25) is 9.28 Å². The lowest BCUT2D eigenvalue weighted by atomic mass is 10.0. The van der Waals surface area contributed by atoms with Crippen molar-refractivity contribution >= 4 is 5.91 Å². The molecule has 0 fully saturated rings. The zero-order valence-electron chi connectivity index (χ0n) is 28.5. The fourth-order valence-corrected chi connectivity index (χ4v) is 6.02. The number of hydrogen-bond donors (Lipinski definition) is 1. The van der Waals surface area contributed by atoms with E-state index in [9.17, 15) is 9.90 Å². The third-order valence-corrected chi connectivity index (χ3v) is 9.31. The Kier molecular flexibility index (Phi) is 26.8. The van der Waals surface area contributed by atoms with E-state index in [0.717, 1.165) is 32.4 Å². The first-order valence-electron chi connectivity index (χ1n) is 18.1. The normalized spacial score (nSPS) is 13.5. The van der Waals surface area contributed by atoms with E-state index in [2.05, 4.69) is 25.7 Å². The van der Waals surface area contributed by atoms with Crippen LogP contribution < -0.4 is 0 Å². The lowest BCUT2D eigenvalue weighted by Crippen LogP contribution is -2.60. The molecular formula is C36H75N2O2+. The summed E-state index contributed by atoms with van der Waals surface area (Å²) in [5, 5.41) is 10.4. The maximum absolute atomic E-state index is 13.7. The average Bonchev–Trinajstić information content (AvgIpc) is 2.93. The molecule has 0 aromatic rings. The van der Waals surface area contributed by atoms with Gasteiger partial charge in [-0.05, 0) is 12.8 Å². The van der Waals surface area contributed by atoms with Crippen molar-refractivity contribution in [3.63, 3.8) is 0 Å². The molecule has 0 heterocycles. The van der Waals surface area contributed by atoms with Crippen molar-refractivity contribution < 1.29 is 14.4 Å². The van der Waals surface area contributed by atoms with Crippen LogP contribution in [0.15, 0.2) is 0 Å². The van der Waals surface area contributed by atoms with Gasteiger partial charge in [0.15, 0.2) is 12.3 Å². The number of nitrogens with zero attached hydrogens (tertiary/aromatic N) is 2. The predicted octanol–water partition coefficient (Wildman–Crippen LogP) is 10.4. The molecule has 2 atom stereocenters. The van der Waals surface area contributed by atoms with Crippen LogP contribution in [-0.4, -0.2) is 59.9 Å². The van der Waals surface area contributed by atoms with Crippen LogP contribution in [0.5, 0.6) is 0 Å². The standard InChI is InChI=1S/C36H75N2O2/c1-7-10-12-14-16-18-20-22-24-26-28-30-32-37(36(40)35(9-3)38(5,6)34(4)39)33-31-29-27-25-23-21-19-17-15-13-11-8-2/h34-35,39H,7-33H2,1-6H3/q+1. The molecule has 0 aliphatic heterocycles. The summed E-state index contributed by atoms with van der Waals surface area (Å²) in [4.78, 5) is 15.8. The van der Waals surface area contributed by atoms with Gasteiger partial charge in [-0.15, -0.1) is 0 Å². The minimum absolute atomic E-state index is 0.172. The third-order valence-electron chi connectivity index (χ3n) is 9.31. The van der Waals surface area contributed by atoms with Crippen molar-refractivity contribution in [2.75, 3.05) is 27.2 Å². The van der Waals surface area contributed by atoms with Gasteiger partial charge in [0.1, 0.15) is 0 Å². The fraction of sp³-hybridized carbons (Fsp3) is 0.972. The highest BCUT2D eigenvalue weighted by Gasteiger charge is 2.39. The first-order chi connectivity index (χ1) is 19.3. The van der Waals surface area contributed by atoms with E-state index >= 15 is 0 Å². The van der Waals surface area contributed by atoms with Gasteiger partial charge in [-0.2, -0.15) is 0 Å². The topological polar surface area (TPSA) is 40.5 Å². The molecule has 4 heteroatoms. The van der Waals surface area contributed by atoms with Gasteiger partial charge in [0.05, 0.1) is 14.1 Å². The van der Waals surface area contributed by atoms with Crippen LogP contribution in [-0.2, 0) is 4.79 Å². The second-order valence-electron chi connectivity index (χ2n) is 13.3. The molecular weight excluding hydrogens is 492 g/mol. The highest BCUT2D eigenvalue weighted by atomic mass is 16.3. The molecule has 240 valence electrons. The van der Waals surface area contributed by atoms with Crippen LogP contribution >= 0.6 is 0 Å². The molecule has 0 aromatic carbocycles. The van der Waals surface area contributed by atoms with E-state index in [0.29, 0.717) is 4.48 Å². The van der Waals surface area contributed by atoms with Gasteiger partial charge in [0, 0.05) is 26.4 Å². The van der Waals surface area contributed by atoms with E-state index < -0.39 is 6.23 Å². The van der Waals surface area contributed by atoms with Crippen molar-refractivity contribution in [3.05, 3.63) is 0 Å². The van der Waals surface area contributed by atoms with Gasteiger partial charge in [0.2, 0.25) is 0 Å². The van der Waals surface area contributed by atoms with Crippen LogP contribution in [0.25, 0.3) is 0 Å². The zero-order chi connectivity index (χ0) is 29.9. The molecule has 4 nitrogen and oxygen atoms in total. The third kappa shape index (κ3) is 20.3. The SMILES string of the molecule is CCCCCCCCCCCCCCN(CCCCCCCCCCCCCC)C(=O)C(CC)[N+](C)(C)C(C)O. The molecule has 0 spiro atoms. The number of aliphatic hydroxyl groups excluding tert-OH is 1. The Balaban J connectivity index is 4.38. The molecule has 0 saturated carbocycles. The molecule has 0 bridgehead atoms. The van der Waals surface area contributed by atoms with Crippen molar-refractivity contribution in [2.24, 2.45) is 0 Å². The molecule has 0 rings (SSSR count). The monoisotopic (exact) mass is 568 g/mol. The summed E-state index contributed by atoms with van der Waals surface area (Å²) in [5.41, 5.74) is 0. The quantitative estimate of drug-likeness (QED) is 0.0533. The van der Waals surface area contributed by atoms with Crippen LogP contribution in [0.4, 0.5) is 0 Å². The van der Waals surface area contributed by atoms with Gasteiger partial charge in [0.25, 0.3) is 5.91 Å². The van der Waals surface area contributed by atoms with Crippen molar-refractivity contribution in [1.82, 2.24) is 4.90 Å². The fourth-order valence-electron chi connectivity index (χ4n) is 6.02. The molecule has 40 heavy (non-hydrogen) atoms. The van der Waals surface area contributed by atoms with Crippen LogP contribution in [0.1, 0.15) is 188 Å². The Morgan fingerprint density at radius 3 is 1.07 bits per heavy atom. The van der Waals surface area contributed by atoms with Gasteiger partial charge in [-0.25, -0.2) is 0 Å². The molecule has 0 aromatic heterocycles. The smallest absolute Gasteiger partial charge is 0.281 e. The minimum Gasteiger partial charge on any atom is -0.345 e. The highest BCUT2D eigenvalue weighted by molar-refractivity contribution is 5.80. The van der Waals surface area contributed by atoms with Gasteiger partial charge in [-0.1, -0.05) is 162 Å². The number of amides is 1. The zero-order valence-corrected chi connectivity index (χ0v) is 28.5. The Morgan fingerprint density at radius 1 is 0.550 bits per heavy atom. The number of rotatable bonds is 30. The molecule has 0 aliphatic rings. The minimum atomic E-state index is -0.547. The molecule has 2 unspecified atom stereocenters. The van der Waals surface area contributed by atoms with E-state index in [1.807, 2.05) is 21.0 Å². The summed E-state index contributed by atoms with van der Waals surface area (Å²) in [7, 11) is 4.01. The Labute approximate surface area is 252 Å². The summed E-state index contributed by atoms with van der Waals surface area (Å²) in [6.07, 6.45) is 32.4. The molecule has 0 radical (unpaired) electrons. The number of hydrogen-bond acceptors (Lipinski definition) is 2. The Hall–Kier alpha value is -0.610. The maximum atomic E-state index is 13.7.